The van der Waals surface area contributed by atoms with E-state index in [1.807, 2.05) is 0 Å². The zero-order valence-electron chi connectivity index (χ0n) is 16.2. The summed E-state index contributed by atoms with van der Waals surface area (Å²) >= 11 is 0. The van der Waals surface area contributed by atoms with E-state index in [1.54, 1.807) is 37.8 Å². The van der Waals surface area contributed by atoms with Crippen LogP contribution in [0.15, 0.2) is 30.6 Å². The lowest BCUT2D eigenvalue weighted by molar-refractivity contribution is 0.189. The van der Waals surface area contributed by atoms with Crippen molar-refractivity contribution in [2.75, 3.05) is 6.54 Å². The highest BCUT2D eigenvalue weighted by Gasteiger charge is 2.21. The second kappa shape index (κ2) is 6.82. The lowest BCUT2D eigenvalue weighted by Gasteiger charge is -2.23. The Kier molecular flexibility index (Phi) is 4.42. The van der Waals surface area contributed by atoms with E-state index in [-0.39, 0.29) is 18.1 Å². The van der Waals surface area contributed by atoms with Gasteiger partial charge in [-0.15, -0.1) is 0 Å². The predicted molar refractivity (Wildman–Crippen MR) is 106 cm³/mol. The third kappa shape index (κ3) is 3.49. The number of hydrogen-bond donors (Lipinski definition) is 3. The molecule has 4 aromatic rings. The molecular formula is C19H20FN7O2. The summed E-state index contributed by atoms with van der Waals surface area (Å²) in [5.41, 5.74) is 7.52. The fraction of sp³-hybridized carbons (Fsp3) is 0.263. The van der Waals surface area contributed by atoms with Gasteiger partial charge in [-0.1, -0.05) is 0 Å². The lowest BCUT2D eigenvalue weighted by Crippen LogP contribution is -2.49. The number of carbonyl (C=O) groups is 1. The number of nitrogens with one attached hydrogen (secondary N) is 2. The van der Waals surface area contributed by atoms with Crippen molar-refractivity contribution in [2.45, 2.75) is 19.4 Å². The van der Waals surface area contributed by atoms with Crippen molar-refractivity contribution >= 4 is 28.2 Å². The first kappa shape index (κ1) is 18.8. The first-order valence-corrected chi connectivity index (χ1v) is 8.94. The summed E-state index contributed by atoms with van der Waals surface area (Å²) in [6, 6.07) is 4.43. The van der Waals surface area contributed by atoms with Gasteiger partial charge in [-0.05, 0) is 32.0 Å². The topological polar surface area (TPSA) is 124 Å². The van der Waals surface area contributed by atoms with Gasteiger partial charge >= 0.3 is 6.09 Å². The van der Waals surface area contributed by atoms with Crippen molar-refractivity contribution in [2.24, 2.45) is 12.8 Å². The van der Waals surface area contributed by atoms with Crippen LogP contribution in [-0.2, 0) is 7.05 Å². The van der Waals surface area contributed by atoms with E-state index >= 15 is 0 Å². The van der Waals surface area contributed by atoms with Gasteiger partial charge in [0, 0.05) is 30.7 Å². The van der Waals surface area contributed by atoms with Gasteiger partial charge in [0.1, 0.15) is 17.2 Å². The van der Waals surface area contributed by atoms with Gasteiger partial charge in [0.05, 0.1) is 11.7 Å². The minimum absolute atomic E-state index is 0.228. The van der Waals surface area contributed by atoms with Crippen molar-refractivity contribution in [3.8, 4) is 17.1 Å². The fourth-order valence-corrected chi connectivity index (χ4v) is 2.93. The quantitative estimate of drug-likeness (QED) is 0.486. The highest BCUT2D eigenvalue weighted by Crippen LogP contribution is 2.29. The van der Waals surface area contributed by atoms with Crippen LogP contribution in [0.4, 0.5) is 9.18 Å². The van der Waals surface area contributed by atoms with Crippen molar-refractivity contribution in [1.29, 1.82) is 0 Å². The molecule has 0 fully saturated rings. The second-order valence-corrected chi connectivity index (χ2v) is 7.34. The van der Waals surface area contributed by atoms with Gasteiger partial charge in [0.2, 0.25) is 0 Å². The van der Waals surface area contributed by atoms with Gasteiger partial charge in [-0.25, -0.2) is 19.2 Å². The Morgan fingerprint density at radius 3 is 2.97 bits per heavy atom. The van der Waals surface area contributed by atoms with Gasteiger partial charge in [0.25, 0.3) is 0 Å². The summed E-state index contributed by atoms with van der Waals surface area (Å²) in [6.45, 7) is 3.83. The average molecular weight is 397 g/mol. The highest BCUT2D eigenvalue weighted by atomic mass is 19.1. The van der Waals surface area contributed by atoms with E-state index < -0.39 is 11.6 Å². The number of fused-ring (bicyclic) bond motifs is 2. The third-order valence-corrected chi connectivity index (χ3v) is 4.56. The molecule has 4 N–H and O–H groups in total. The monoisotopic (exact) mass is 397 g/mol. The Hall–Kier alpha value is -3.53. The summed E-state index contributed by atoms with van der Waals surface area (Å²) in [5, 5.41) is 7.87. The molecule has 0 spiro atoms. The molecule has 150 valence electrons. The number of aromatic nitrogens is 5. The second-order valence-electron chi connectivity index (χ2n) is 7.34. The summed E-state index contributed by atoms with van der Waals surface area (Å²) in [4.78, 5) is 24.0. The molecule has 29 heavy (non-hydrogen) atoms. The van der Waals surface area contributed by atoms with Crippen LogP contribution in [0.1, 0.15) is 13.8 Å². The number of benzene rings is 1. The molecule has 0 unspecified atom stereocenters. The van der Waals surface area contributed by atoms with Crippen LogP contribution >= 0.6 is 0 Å². The number of rotatable bonds is 4. The zero-order valence-corrected chi connectivity index (χ0v) is 16.2. The molecule has 1 amide bonds. The number of nitrogens with zero attached hydrogens (tertiary/aromatic N) is 4. The van der Waals surface area contributed by atoms with Crippen LogP contribution in [0.3, 0.4) is 0 Å². The largest absolute Gasteiger partial charge is 0.413 e. The molecule has 0 aliphatic heterocycles. The number of aromatic amines is 1. The fourth-order valence-electron chi connectivity index (χ4n) is 2.93. The van der Waals surface area contributed by atoms with Gasteiger partial charge < -0.3 is 20.8 Å². The first-order chi connectivity index (χ1) is 13.8. The maximum absolute atomic E-state index is 13.6. The minimum Gasteiger partial charge on any atom is -0.406 e. The Balaban J connectivity index is 1.72. The lowest BCUT2D eigenvalue weighted by atomic mass is 10.1. The number of carbonyl (C=O) groups excluding carboxylic acids is 1. The number of halogens is 1. The first-order valence-electron chi connectivity index (χ1n) is 8.94. The molecule has 9 nitrogen and oxygen atoms in total. The van der Waals surface area contributed by atoms with Crippen molar-refractivity contribution in [3.63, 3.8) is 0 Å². The molecule has 0 bridgehead atoms. The average Bonchev–Trinajstić information content (AvgIpc) is 3.22. The molecule has 10 heteroatoms. The summed E-state index contributed by atoms with van der Waals surface area (Å²) in [7, 11) is 1.73. The van der Waals surface area contributed by atoms with Crippen molar-refractivity contribution in [3.05, 3.63) is 36.4 Å². The Morgan fingerprint density at radius 2 is 2.21 bits per heavy atom. The van der Waals surface area contributed by atoms with Crippen LogP contribution in [0, 0.1) is 5.82 Å². The minimum atomic E-state index is -0.646. The Labute approximate surface area is 165 Å². The normalized spacial score (nSPS) is 11.9. The number of aryl methyl sites for hydroxylation is 1. The number of ether oxygens (including phenoxy) is 1. The van der Waals surface area contributed by atoms with Crippen molar-refractivity contribution in [1.82, 2.24) is 30.0 Å². The molecule has 0 saturated carbocycles. The van der Waals surface area contributed by atoms with Crippen LogP contribution in [-0.4, -0.2) is 42.9 Å². The number of nitrogens with two attached hydrogens (primary N) is 1. The van der Waals surface area contributed by atoms with Crippen molar-refractivity contribution < 1.29 is 13.9 Å². The molecule has 3 heterocycles. The molecule has 3 aromatic heterocycles. The Morgan fingerprint density at radius 1 is 1.41 bits per heavy atom. The summed E-state index contributed by atoms with van der Waals surface area (Å²) in [6.07, 6.45) is 2.42. The molecule has 0 saturated heterocycles. The van der Waals surface area contributed by atoms with E-state index in [0.717, 1.165) is 5.39 Å². The van der Waals surface area contributed by atoms with Crippen LogP contribution in [0.5, 0.6) is 5.75 Å². The molecule has 0 radical (unpaired) electrons. The SMILES string of the molecule is Cn1nc(-c2cnc3[nH]cc(OC(=O)NC(C)(C)CN)c3n2)c2ccc(F)cc21. The van der Waals surface area contributed by atoms with Gasteiger partial charge in [-0.2, -0.15) is 5.10 Å². The summed E-state index contributed by atoms with van der Waals surface area (Å²) in [5.74, 6) is -0.118. The zero-order chi connectivity index (χ0) is 20.8. The standard InChI is InChI=1S/C19H20FN7O2/c1-19(2,9-21)25-18(28)29-14-8-23-17-16(14)24-12(7-22-17)15-11-5-4-10(20)6-13(11)27(3)26-15/h4-8H,9,21H2,1-3H3,(H,22,23)(H,25,28). The molecule has 1 aromatic carbocycles. The number of hydrogen-bond acceptors (Lipinski definition) is 6. The Bertz CT molecular complexity index is 1230. The highest BCUT2D eigenvalue weighted by molar-refractivity contribution is 5.93. The maximum Gasteiger partial charge on any atom is 0.413 e. The molecule has 0 aliphatic carbocycles. The third-order valence-electron chi connectivity index (χ3n) is 4.56. The molecule has 0 atom stereocenters. The van der Waals surface area contributed by atoms with Crippen LogP contribution < -0.4 is 15.8 Å². The van der Waals surface area contributed by atoms with Crippen LogP contribution in [0.25, 0.3) is 33.5 Å². The smallest absolute Gasteiger partial charge is 0.406 e. The van der Waals surface area contributed by atoms with E-state index in [1.165, 1.54) is 18.3 Å². The maximum atomic E-state index is 13.6. The van der Waals surface area contributed by atoms with E-state index in [9.17, 15) is 9.18 Å². The van der Waals surface area contributed by atoms with Gasteiger partial charge in [0.15, 0.2) is 16.9 Å². The number of H-pyrrole nitrogens is 1. The predicted octanol–water partition coefficient (Wildman–Crippen LogP) is 2.48. The van der Waals surface area contributed by atoms with E-state index in [2.05, 4.69) is 25.4 Å². The summed E-state index contributed by atoms with van der Waals surface area (Å²) < 4.78 is 20.5. The van der Waals surface area contributed by atoms with E-state index in [0.29, 0.717) is 28.1 Å². The number of amides is 1. The molecule has 0 aliphatic rings. The van der Waals surface area contributed by atoms with E-state index in [4.69, 9.17) is 10.5 Å². The molecular weight excluding hydrogens is 377 g/mol. The molecule has 4 rings (SSSR count). The van der Waals surface area contributed by atoms with Gasteiger partial charge in [-0.3, -0.25) is 4.68 Å². The van der Waals surface area contributed by atoms with Crippen LogP contribution in [0.2, 0.25) is 0 Å².